The summed E-state index contributed by atoms with van der Waals surface area (Å²) in [4.78, 5) is 4.37. The van der Waals surface area contributed by atoms with Crippen LogP contribution in [0, 0.1) is 5.82 Å². The second-order valence-electron chi connectivity index (χ2n) is 4.30. The van der Waals surface area contributed by atoms with Gasteiger partial charge in [0.05, 0.1) is 21.4 Å². The summed E-state index contributed by atoms with van der Waals surface area (Å²) in [5, 5.41) is -0.125. The molecule has 0 aliphatic carbocycles. The molecule has 0 saturated heterocycles. The Bertz CT molecular complexity index is 561. The van der Waals surface area contributed by atoms with E-state index >= 15 is 0 Å². The maximum atomic E-state index is 13.4. The lowest BCUT2D eigenvalue weighted by atomic mass is 10.2. The lowest BCUT2D eigenvalue weighted by Crippen LogP contribution is -2.06. The smallest absolute Gasteiger partial charge is 0.144 e. The van der Waals surface area contributed by atoms with E-state index in [1.807, 2.05) is 25.3 Å². The number of benzene rings is 1. The van der Waals surface area contributed by atoms with Crippen molar-refractivity contribution in [3.63, 3.8) is 0 Å². The van der Waals surface area contributed by atoms with Gasteiger partial charge in [-0.2, -0.15) is 0 Å². The van der Waals surface area contributed by atoms with E-state index < -0.39 is 5.82 Å². The van der Waals surface area contributed by atoms with E-state index in [1.54, 1.807) is 6.07 Å². The number of alkyl halides is 1. The Morgan fingerprint density at radius 2 is 1.94 bits per heavy atom. The molecule has 0 aliphatic heterocycles. The first kappa shape index (κ1) is 12.7. The number of halogens is 3. The number of nitrogens with zero attached hydrogens (tertiary/aromatic N) is 2. The highest BCUT2D eigenvalue weighted by Gasteiger charge is 2.18. The summed E-state index contributed by atoms with van der Waals surface area (Å²) in [6.45, 7) is 5.90. The van der Waals surface area contributed by atoms with Crippen LogP contribution in [-0.2, 0) is 0 Å². The standard InChI is InChI=1S/C12H13Cl2FN2/c1-6(2)17-11-4-8(14)9(15)5-10(11)16-12(17)7(3)13/h4-7H,1-3H3. The van der Waals surface area contributed by atoms with Gasteiger partial charge in [-0.3, -0.25) is 0 Å². The van der Waals surface area contributed by atoms with Crippen molar-refractivity contribution in [2.75, 3.05) is 0 Å². The van der Waals surface area contributed by atoms with Crippen LogP contribution in [0.4, 0.5) is 4.39 Å². The van der Waals surface area contributed by atoms with Crippen molar-refractivity contribution < 1.29 is 4.39 Å². The Hall–Kier alpha value is -0.800. The molecule has 1 aromatic carbocycles. The Morgan fingerprint density at radius 3 is 2.47 bits per heavy atom. The van der Waals surface area contributed by atoms with Gasteiger partial charge in [0.2, 0.25) is 0 Å². The Morgan fingerprint density at radius 1 is 1.29 bits per heavy atom. The van der Waals surface area contributed by atoms with Gasteiger partial charge in [-0.15, -0.1) is 11.6 Å². The average molecular weight is 275 g/mol. The summed E-state index contributed by atoms with van der Waals surface area (Å²) < 4.78 is 15.4. The van der Waals surface area contributed by atoms with Gasteiger partial charge >= 0.3 is 0 Å². The molecule has 2 nitrogen and oxygen atoms in total. The van der Waals surface area contributed by atoms with Crippen LogP contribution >= 0.6 is 23.2 Å². The van der Waals surface area contributed by atoms with Crippen LogP contribution in [0.25, 0.3) is 11.0 Å². The SMILES string of the molecule is CC(Cl)c1nc2cc(F)c(Cl)cc2n1C(C)C. The molecule has 1 heterocycles. The molecule has 1 aromatic heterocycles. The van der Waals surface area contributed by atoms with Gasteiger partial charge in [0.15, 0.2) is 0 Å². The highest BCUT2D eigenvalue weighted by Crippen LogP contribution is 2.30. The van der Waals surface area contributed by atoms with Gasteiger partial charge < -0.3 is 4.57 Å². The van der Waals surface area contributed by atoms with Gasteiger partial charge in [-0.05, 0) is 26.8 Å². The van der Waals surface area contributed by atoms with Crippen molar-refractivity contribution in [3.8, 4) is 0 Å². The molecule has 0 N–H and O–H groups in total. The van der Waals surface area contributed by atoms with Crippen LogP contribution in [-0.4, -0.2) is 9.55 Å². The molecule has 0 spiro atoms. The molecule has 92 valence electrons. The molecule has 1 unspecified atom stereocenters. The molecule has 0 bridgehead atoms. The molecule has 0 fully saturated rings. The topological polar surface area (TPSA) is 17.8 Å². The van der Waals surface area contributed by atoms with Crippen molar-refractivity contribution >= 4 is 34.2 Å². The second kappa shape index (κ2) is 4.46. The highest BCUT2D eigenvalue weighted by atomic mass is 35.5. The predicted octanol–water partition coefficient (Wildman–Crippen LogP) is 4.71. The monoisotopic (exact) mass is 274 g/mol. The summed E-state index contributed by atoms with van der Waals surface area (Å²) >= 11 is 11.9. The van der Waals surface area contributed by atoms with Crippen LogP contribution in [0.15, 0.2) is 12.1 Å². The number of aromatic nitrogens is 2. The third-order valence-corrected chi connectivity index (χ3v) is 3.12. The molecular weight excluding hydrogens is 262 g/mol. The minimum Gasteiger partial charge on any atom is -0.324 e. The molecule has 1 atom stereocenters. The zero-order valence-electron chi connectivity index (χ0n) is 9.84. The molecular formula is C12H13Cl2FN2. The Kier molecular flexibility index (Phi) is 3.32. The summed E-state index contributed by atoms with van der Waals surface area (Å²) in [5.41, 5.74) is 1.40. The first-order valence-electron chi connectivity index (χ1n) is 5.42. The maximum Gasteiger partial charge on any atom is 0.144 e. The lowest BCUT2D eigenvalue weighted by Gasteiger charge is -2.14. The molecule has 0 radical (unpaired) electrons. The zero-order chi connectivity index (χ0) is 12.7. The molecule has 17 heavy (non-hydrogen) atoms. The van der Waals surface area contributed by atoms with E-state index in [4.69, 9.17) is 23.2 Å². The van der Waals surface area contributed by atoms with E-state index in [9.17, 15) is 4.39 Å². The van der Waals surface area contributed by atoms with E-state index in [1.165, 1.54) is 6.07 Å². The van der Waals surface area contributed by atoms with E-state index in [0.29, 0.717) is 5.52 Å². The van der Waals surface area contributed by atoms with Gasteiger partial charge in [-0.1, -0.05) is 11.6 Å². The molecule has 0 amide bonds. The summed E-state index contributed by atoms with van der Waals surface area (Å²) in [5.74, 6) is 0.277. The van der Waals surface area contributed by atoms with E-state index in [-0.39, 0.29) is 16.4 Å². The fraction of sp³-hybridized carbons (Fsp3) is 0.417. The zero-order valence-corrected chi connectivity index (χ0v) is 11.3. The summed E-state index contributed by atoms with van der Waals surface area (Å²) in [6, 6.07) is 3.14. The number of imidazole rings is 1. The average Bonchev–Trinajstić information content (AvgIpc) is 2.57. The highest BCUT2D eigenvalue weighted by molar-refractivity contribution is 6.31. The molecule has 2 aromatic rings. The molecule has 0 saturated carbocycles. The van der Waals surface area contributed by atoms with Crippen LogP contribution in [0.5, 0.6) is 0 Å². The number of hydrogen-bond acceptors (Lipinski definition) is 1. The van der Waals surface area contributed by atoms with Gasteiger partial charge in [0.25, 0.3) is 0 Å². The third-order valence-electron chi connectivity index (χ3n) is 2.63. The largest absolute Gasteiger partial charge is 0.324 e. The fourth-order valence-electron chi connectivity index (χ4n) is 1.93. The first-order valence-corrected chi connectivity index (χ1v) is 6.24. The number of fused-ring (bicyclic) bond motifs is 1. The van der Waals surface area contributed by atoms with Gasteiger partial charge in [0, 0.05) is 12.1 Å². The van der Waals surface area contributed by atoms with Crippen molar-refractivity contribution in [2.45, 2.75) is 32.2 Å². The fourth-order valence-corrected chi connectivity index (χ4v) is 2.24. The Balaban J connectivity index is 2.80. The van der Waals surface area contributed by atoms with Crippen molar-refractivity contribution in [1.29, 1.82) is 0 Å². The quantitative estimate of drug-likeness (QED) is 0.726. The predicted molar refractivity (Wildman–Crippen MR) is 69.4 cm³/mol. The van der Waals surface area contributed by atoms with E-state index in [0.717, 1.165) is 11.3 Å². The van der Waals surface area contributed by atoms with Crippen LogP contribution in [0.1, 0.15) is 38.0 Å². The van der Waals surface area contributed by atoms with Crippen LogP contribution in [0.2, 0.25) is 5.02 Å². The molecule has 2 rings (SSSR count). The number of hydrogen-bond donors (Lipinski definition) is 0. The van der Waals surface area contributed by atoms with Crippen LogP contribution < -0.4 is 0 Å². The summed E-state index contributed by atoms with van der Waals surface area (Å²) in [6.07, 6.45) is 0. The summed E-state index contributed by atoms with van der Waals surface area (Å²) in [7, 11) is 0. The minimum absolute atomic E-state index is 0.105. The molecule has 5 heteroatoms. The van der Waals surface area contributed by atoms with Gasteiger partial charge in [-0.25, -0.2) is 9.37 Å². The normalized spacial score (nSPS) is 13.6. The second-order valence-corrected chi connectivity index (χ2v) is 5.37. The van der Waals surface area contributed by atoms with Gasteiger partial charge in [0.1, 0.15) is 11.6 Å². The third kappa shape index (κ3) is 2.14. The van der Waals surface area contributed by atoms with E-state index in [2.05, 4.69) is 4.98 Å². The lowest BCUT2D eigenvalue weighted by molar-refractivity contribution is 0.584. The minimum atomic E-state index is -0.457. The maximum absolute atomic E-state index is 13.4. The Labute approximate surface area is 109 Å². The van der Waals surface area contributed by atoms with Crippen LogP contribution in [0.3, 0.4) is 0 Å². The van der Waals surface area contributed by atoms with Crippen molar-refractivity contribution in [3.05, 3.63) is 28.8 Å². The molecule has 0 aliphatic rings. The number of rotatable bonds is 2. The van der Waals surface area contributed by atoms with Crippen molar-refractivity contribution in [1.82, 2.24) is 9.55 Å². The van der Waals surface area contributed by atoms with Crippen molar-refractivity contribution in [2.24, 2.45) is 0 Å². The first-order chi connectivity index (χ1) is 7.91.